The summed E-state index contributed by atoms with van der Waals surface area (Å²) in [5.74, 6) is -2.76. The number of carbonyl (C=O) groups is 1. The van der Waals surface area contributed by atoms with Crippen LogP contribution in [-0.2, 0) is 4.79 Å². The average molecular weight is 171 g/mol. The molecule has 2 N–H and O–H groups in total. The summed E-state index contributed by atoms with van der Waals surface area (Å²) in [4.78, 5) is 8.90. The van der Waals surface area contributed by atoms with Gasteiger partial charge in [0, 0.05) is 5.71 Å². The second-order valence-electron chi connectivity index (χ2n) is 1.80. The summed E-state index contributed by atoms with van der Waals surface area (Å²) < 4.78 is 31.7. The summed E-state index contributed by atoms with van der Waals surface area (Å²) in [6.45, 7) is 3.50. The molecule has 0 aromatic carbocycles. The minimum absolute atomic E-state index is 0.667. The molecule has 0 aliphatic carbocycles. The van der Waals surface area contributed by atoms with Crippen molar-refractivity contribution < 1.29 is 23.1 Å². The Hall–Kier alpha value is -1.07. The average Bonchev–Trinajstić information content (AvgIpc) is 1.59. The lowest BCUT2D eigenvalue weighted by Gasteiger charge is -1.93. The van der Waals surface area contributed by atoms with Gasteiger partial charge in [0.25, 0.3) is 0 Å². The van der Waals surface area contributed by atoms with Crippen LogP contribution in [0.1, 0.15) is 13.8 Å². The molecule has 0 bridgehead atoms. The molecule has 11 heavy (non-hydrogen) atoms. The smallest absolute Gasteiger partial charge is 0.475 e. The molecule has 66 valence electrons. The summed E-state index contributed by atoms with van der Waals surface area (Å²) in [6.07, 6.45) is -5.08. The van der Waals surface area contributed by atoms with E-state index in [1.807, 2.05) is 0 Å². The number of carboxylic acid groups (broad SMARTS) is 1. The van der Waals surface area contributed by atoms with Gasteiger partial charge in [0.1, 0.15) is 0 Å². The number of hydrogen-bond acceptors (Lipinski definition) is 2. The number of carboxylic acids is 1. The first-order valence-corrected chi connectivity index (χ1v) is 2.49. The molecule has 6 heteroatoms. The van der Waals surface area contributed by atoms with Gasteiger partial charge in [-0.1, -0.05) is 0 Å². The standard InChI is InChI=1S/C3H7N.C2HF3O2/c1-3(2)4;3-2(4,5)1(6)7/h4H,1-2H3;(H,6,7). The van der Waals surface area contributed by atoms with Crippen LogP contribution in [0.3, 0.4) is 0 Å². The predicted molar refractivity (Wildman–Crippen MR) is 32.8 cm³/mol. The number of hydrogen-bond donors (Lipinski definition) is 2. The fourth-order valence-electron chi connectivity index (χ4n) is 0. The van der Waals surface area contributed by atoms with Crippen LogP contribution in [0.2, 0.25) is 0 Å². The van der Waals surface area contributed by atoms with Crippen LogP contribution in [-0.4, -0.2) is 23.0 Å². The van der Waals surface area contributed by atoms with Gasteiger partial charge in [0.2, 0.25) is 0 Å². The highest BCUT2D eigenvalue weighted by molar-refractivity contribution is 5.75. The van der Waals surface area contributed by atoms with Gasteiger partial charge in [-0.05, 0) is 13.8 Å². The third-order valence-electron chi connectivity index (χ3n) is 0.243. The summed E-state index contributed by atoms with van der Waals surface area (Å²) in [7, 11) is 0. The normalized spacial score (nSPS) is 9.55. The number of alkyl halides is 3. The maximum atomic E-state index is 10.6. The van der Waals surface area contributed by atoms with Crippen molar-refractivity contribution in [2.24, 2.45) is 0 Å². The van der Waals surface area contributed by atoms with Crippen molar-refractivity contribution in [3.05, 3.63) is 0 Å². The molecular formula is C5H8F3NO2. The van der Waals surface area contributed by atoms with Crippen molar-refractivity contribution in [3.8, 4) is 0 Å². The van der Waals surface area contributed by atoms with Crippen LogP contribution in [0.4, 0.5) is 13.2 Å². The van der Waals surface area contributed by atoms with Crippen LogP contribution < -0.4 is 0 Å². The number of rotatable bonds is 0. The van der Waals surface area contributed by atoms with Gasteiger partial charge in [-0.25, -0.2) is 4.79 Å². The Bertz CT molecular complexity index is 148. The maximum absolute atomic E-state index is 10.6. The van der Waals surface area contributed by atoms with Crippen LogP contribution in [0.5, 0.6) is 0 Å². The molecule has 0 radical (unpaired) electrons. The van der Waals surface area contributed by atoms with Gasteiger partial charge in [-0.15, -0.1) is 0 Å². The Morgan fingerprint density at radius 2 is 1.45 bits per heavy atom. The molecule has 0 rings (SSSR count). The van der Waals surface area contributed by atoms with Crippen molar-refractivity contribution in [1.82, 2.24) is 0 Å². The van der Waals surface area contributed by atoms with Gasteiger partial charge in [-0.2, -0.15) is 13.2 Å². The first kappa shape index (κ1) is 12.6. The van der Waals surface area contributed by atoms with Gasteiger partial charge in [-0.3, -0.25) is 0 Å². The minimum atomic E-state index is -5.08. The van der Waals surface area contributed by atoms with Crippen molar-refractivity contribution in [2.45, 2.75) is 20.0 Å². The van der Waals surface area contributed by atoms with Gasteiger partial charge in [0.15, 0.2) is 0 Å². The van der Waals surface area contributed by atoms with E-state index >= 15 is 0 Å². The van der Waals surface area contributed by atoms with E-state index in [2.05, 4.69) is 0 Å². The molecule has 0 unspecified atom stereocenters. The van der Waals surface area contributed by atoms with E-state index in [1.165, 1.54) is 0 Å². The van der Waals surface area contributed by atoms with Crippen LogP contribution in [0.15, 0.2) is 0 Å². The van der Waals surface area contributed by atoms with E-state index in [0.29, 0.717) is 5.71 Å². The summed E-state index contributed by atoms with van der Waals surface area (Å²) >= 11 is 0. The molecule has 0 atom stereocenters. The lowest BCUT2D eigenvalue weighted by Crippen LogP contribution is -2.21. The topological polar surface area (TPSA) is 61.2 Å². The maximum Gasteiger partial charge on any atom is 0.490 e. The van der Waals surface area contributed by atoms with E-state index in [4.69, 9.17) is 15.3 Å². The molecule has 0 aromatic rings. The highest BCUT2D eigenvalue weighted by atomic mass is 19.4. The molecular weight excluding hydrogens is 163 g/mol. The third kappa shape index (κ3) is 17.6. The number of aliphatic carboxylic acids is 1. The Morgan fingerprint density at radius 3 is 1.45 bits per heavy atom. The Labute approximate surface area is 61.3 Å². The van der Waals surface area contributed by atoms with E-state index in [-0.39, 0.29) is 0 Å². The van der Waals surface area contributed by atoms with Crippen molar-refractivity contribution in [1.29, 1.82) is 5.41 Å². The lowest BCUT2D eigenvalue weighted by atomic mass is 10.5. The summed E-state index contributed by atoms with van der Waals surface area (Å²) in [5.41, 5.74) is 0.667. The zero-order valence-corrected chi connectivity index (χ0v) is 5.99. The zero-order chi connectivity index (χ0) is 9.65. The van der Waals surface area contributed by atoms with Crippen LogP contribution in [0, 0.1) is 5.41 Å². The number of nitrogens with one attached hydrogen (secondary N) is 1. The van der Waals surface area contributed by atoms with Crippen molar-refractivity contribution in [3.63, 3.8) is 0 Å². The van der Waals surface area contributed by atoms with Gasteiger partial charge >= 0.3 is 12.1 Å². The van der Waals surface area contributed by atoms with Crippen molar-refractivity contribution >= 4 is 11.7 Å². The molecule has 0 saturated carbocycles. The largest absolute Gasteiger partial charge is 0.490 e. The van der Waals surface area contributed by atoms with E-state index in [1.54, 1.807) is 13.8 Å². The quantitative estimate of drug-likeness (QED) is 0.544. The third-order valence-corrected chi connectivity index (χ3v) is 0.243. The number of halogens is 3. The predicted octanol–water partition coefficient (Wildman–Crippen LogP) is 1.68. The Kier molecular flexibility index (Phi) is 5.38. The molecule has 0 fully saturated rings. The summed E-state index contributed by atoms with van der Waals surface area (Å²) in [5, 5.41) is 13.6. The molecule has 0 saturated heterocycles. The first-order chi connectivity index (χ1) is 4.68. The molecule has 0 spiro atoms. The Morgan fingerprint density at radius 1 is 1.36 bits per heavy atom. The monoisotopic (exact) mass is 171 g/mol. The highest BCUT2D eigenvalue weighted by Gasteiger charge is 2.38. The molecule has 0 heterocycles. The fourth-order valence-corrected chi connectivity index (χ4v) is 0. The zero-order valence-electron chi connectivity index (χ0n) is 5.99. The summed E-state index contributed by atoms with van der Waals surface area (Å²) in [6, 6.07) is 0. The van der Waals surface area contributed by atoms with Crippen molar-refractivity contribution in [2.75, 3.05) is 0 Å². The molecule has 0 amide bonds. The molecule has 0 aliphatic rings. The van der Waals surface area contributed by atoms with Crippen LogP contribution >= 0.6 is 0 Å². The molecule has 0 aromatic heterocycles. The van der Waals surface area contributed by atoms with E-state index in [0.717, 1.165) is 0 Å². The highest BCUT2D eigenvalue weighted by Crippen LogP contribution is 2.13. The Balaban J connectivity index is 0. The van der Waals surface area contributed by atoms with E-state index < -0.39 is 12.1 Å². The van der Waals surface area contributed by atoms with Gasteiger partial charge < -0.3 is 10.5 Å². The minimum Gasteiger partial charge on any atom is -0.475 e. The molecule has 0 aliphatic heterocycles. The molecule has 3 nitrogen and oxygen atoms in total. The fraction of sp³-hybridized carbons (Fsp3) is 0.600. The lowest BCUT2D eigenvalue weighted by molar-refractivity contribution is -0.192. The second-order valence-corrected chi connectivity index (χ2v) is 1.80. The van der Waals surface area contributed by atoms with Crippen LogP contribution in [0.25, 0.3) is 0 Å². The first-order valence-electron chi connectivity index (χ1n) is 2.49. The second kappa shape index (κ2) is 4.70. The van der Waals surface area contributed by atoms with E-state index in [9.17, 15) is 13.2 Å². The van der Waals surface area contributed by atoms with Gasteiger partial charge in [0.05, 0.1) is 0 Å². The SMILES string of the molecule is CC(C)=N.O=C(O)C(F)(F)F.